The Morgan fingerprint density at radius 3 is 2.21 bits per heavy atom. The SMILES string of the molecule is CN([S+]([O-])c1ccccc1)S(C)(=O)=O. The Kier molecular flexibility index (Phi) is 3.54. The molecule has 4 nitrogen and oxygen atoms in total. The Morgan fingerprint density at radius 2 is 1.79 bits per heavy atom. The smallest absolute Gasteiger partial charge is 0.250 e. The summed E-state index contributed by atoms with van der Waals surface area (Å²) in [5.74, 6) is 0. The third kappa shape index (κ3) is 2.71. The summed E-state index contributed by atoms with van der Waals surface area (Å²) in [7, 11) is -2.13. The predicted octanol–water partition coefficient (Wildman–Crippen LogP) is 0.601. The van der Waals surface area contributed by atoms with E-state index in [0.29, 0.717) is 4.90 Å². The van der Waals surface area contributed by atoms with Crippen molar-refractivity contribution in [3.8, 4) is 0 Å². The van der Waals surface area contributed by atoms with Crippen LogP contribution >= 0.6 is 0 Å². The Hall–Kier alpha value is -0.560. The third-order valence-corrected chi connectivity index (χ3v) is 4.94. The summed E-state index contributed by atoms with van der Waals surface area (Å²) in [5.41, 5.74) is 0. The molecule has 1 rings (SSSR count). The molecule has 1 aromatic rings. The lowest BCUT2D eigenvalue weighted by molar-refractivity contribution is 0.529. The lowest BCUT2D eigenvalue weighted by Crippen LogP contribution is -2.32. The normalized spacial score (nSPS) is 14.3. The fraction of sp³-hybridized carbons (Fsp3) is 0.250. The average Bonchev–Trinajstić information content (AvgIpc) is 2.15. The summed E-state index contributed by atoms with van der Waals surface area (Å²) in [6.07, 6.45) is 1.02. The molecule has 0 heterocycles. The molecule has 0 spiro atoms. The van der Waals surface area contributed by atoms with Gasteiger partial charge in [-0.15, -0.1) is 0 Å². The van der Waals surface area contributed by atoms with Crippen molar-refractivity contribution in [2.24, 2.45) is 0 Å². The summed E-state index contributed by atoms with van der Waals surface area (Å²) in [5, 5.41) is 0. The van der Waals surface area contributed by atoms with Crippen LogP contribution in [-0.4, -0.2) is 30.0 Å². The quantitative estimate of drug-likeness (QED) is 0.718. The van der Waals surface area contributed by atoms with Crippen LogP contribution in [-0.2, 0) is 21.4 Å². The van der Waals surface area contributed by atoms with Gasteiger partial charge in [-0.05, 0) is 15.8 Å². The summed E-state index contributed by atoms with van der Waals surface area (Å²) in [6.45, 7) is 0. The number of sulfonamides is 1. The first kappa shape index (κ1) is 11.5. The molecule has 0 saturated carbocycles. The van der Waals surface area contributed by atoms with Gasteiger partial charge in [0.05, 0.1) is 24.7 Å². The van der Waals surface area contributed by atoms with Crippen molar-refractivity contribution in [1.29, 1.82) is 0 Å². The van der Waals surface area contributed by atoms with Crippen LogP contribution in [0.2, 0.25) is 0 Å². The van der Waals surface area contributed by atoms with Crippen LogP contribution in [0.1, 0.15) is 0 Å². The van der Waals surface area contributed by atoms with E-state index in [0.717, 1.165) is 9.97 Å². The molecule has 1 aromatic carbocycles. The minimum atomic E-state index is -3.42. The highest BCUT2D eigenvalue weighted by atomic mass is 32.3. The zero-order valence-electron chi connectivity index (χ0n) is 7.88. The van der Waals surface area contributed by atoms with Crippen LogP contribution in [0, 0.1) is 0 Å². The Balaban J connectivity index is 2.92. The van der Waals surface area contributed by atoms with E-state index in [1.165, 1.54) is 7.05 Å². The predicted molar refractivity (Wildman–Crippen MR) is 55.5 cm³/mol. The molecule has 0 aromatic heterocycles. The van der Waals surface area contributed by atoms with E-state index in [2.05, 4.69) is 0 Å². The second-order valence-electron chi connectivity index (χ2n) is 2.73. The summed E-state index contributed by atoms with van der Waals surface area (Å²) >= 11 is -1.65. The van der Waals surface area contributed by atoms with E-state index < -0.39 is 21.4 Å². The molecule has 1 atom stereocenters. The highest BCUT2D eigenvalue weighted by Crippen LogP contribution is 2.15. The van der Waals surface area contributed by atoms with E-state index in [-0.39, 0.29) is 0 Å². The lowest BCUT2D eigenvalue weighted by atomic mass is 10.4. The molecule has 0 radical (unpaired) electrons. The van der Waals surface area contributed by atoms with Gasteiger partial charge in [-0.25, -0.2) is 8.42 Å². The Morgan fingerprint density at radius 1 is 1.29 bits per heavy atom. The van der Waals surface area contributed by atoms with Crippen molar-refractivity contribution in [2.45, 2.75) is 4.90 Å². The number of nitrogens with zero attached hydrogens (tertiary/aromatic N) is 1. The molecule has 0 aliphatic carbocycles. The monoisotopic (exact) mass is 233 g/mol. The van der Waals surface area contributed by atoms with Crippen molar-refractivity contribution >= 4 is 21.4 Å². The number of rotatable bonds is 3. The first-order chi connectivity index (χ1) is 6.43. The van der Waals surface area contributed by atoms with Crippen LogP contribution in [0.3, 0.4) is 0 Å². The van der Waals surface area contributed by atoms with Crippen LogP contribution in [0.25, 0.3) is 0 Å². The van der Waals surface area contributed by atoms with Gasteiger partial charge >= 0.3 is 0 Å². The Labute approximate surface area is 86.9 Å². The molecule has 6 heteroatoms. The topological polar surface area (TPSA) is 60.4 Å². The van der Waals surface area contributed by atoms with Crippen molar-refractivity contribution < 1.29 is 13.0 Å². The van der Waals surface area contributed by atoms with Gasteiger partial charge in [0.2, 0.25) is 10.0 Å². The fourth-order valence-electron chi connectivity index (χ4n) is 0.808. The van der Waals surface area contributed by atoms with Crippen molar-refractivity contribution in [3.63, 3.8) is 0 Å². The summed E-state index contributed by atoms with van der Waals surface area (Å²) < 4.78 is 34.6. The summed E-state index contributed by atoms with van der Waals surface area (Å²) in [6, 6.07) is 8.45. The molecule has 78 valence electrons. The first-order valence-corrected chi connectivity index (χ1v) is 6.79. The molecule has 14 heavy (non-hydrogen) atoms. The average molecular weight is 233 g/mol. The Bertz CT molecular complexity index is 390. The maximum Gasteiger partial charge on any atom is 0.250 e. The third-order valence-electron chi connectivity index (χ3n) is 1.65. The molecule has 0 aliphatic heterocycles. The molecule has 0 fully saturated rings. The first-order valence-electron chi connectivity index (χ1n) is 3.84. The molecule has 0 N–H and O–H groups in total. The van der Waals surface area contributed by atoms with Gasteiger partial charge < -0.3 is 4.55 Å². The molecule has 0 amide bonds. The molecule has 0 bridgehead atoms. The van der Waals surface area contributed by atoms with Crippen LogP contribution < -0.4 is 0 Å². The van der Waals surface area contributed by atoms with Crippen LogP contribution in [0.5, 0.6) is 0 Å². The van der Waals surface area contributed by atoms with E-state index in [4.69, 9.17) is 0 Å². The molecular formula is C8H11NO3S2. The largest absolute Gasteiger partial charge is 0.592 e. The standard InChI is InChI=1S/C8H11NO3S2/c1-9(14(2,11)12)13(10)8-6-4-3-5-7-8/h3-7H,1-2H3. The minimum absolute atomic E-state index is 0.473. The van der Waals surface area contributed by atoms with Crippen LogP contribution in [0.15, 0.2) is 35.2 Å². The van der Waals surface area contributed by atoms with Crippen molar-refractivity contribution in [3.05, 3.63) is 30.3 Å². The highest BCUT2D eigenvalue weighted by Gasteiger charge is 2.26. The van der Waals surface area contributed by atoms with Crippen molar-refractivity contribution in [2.75, 3.05) is 13.3 Å². The maximum atomic E-state index is 11.6. The molecule has 0 aliphatic rings. The second-order valence-corrected chi connectivity index (χ2v) is 6.50. The highest BCUT2D eigenvalue weighted by molar-refractivity contribution is 8.03. The fourth-order valence-corrected chi connectivity index (χ4v) is 2.74. The van der Waals surface area contributed by atoms with Gasteiger partial charge in [-0.1, -0.05) is 18.2 Å². The molecular weight excluding hydrogens is 222 g/mol. The van der Waals surface area contributed by atoms with Crippen LogP contribution in [0.4, 0.5) is 0 Å². The van der Waals surface area contributed by atoms with Gasteiger partial charge in [0.1, 0.15) is 0 Å². The maximum absolute atomic E-state index is 11.6. The van der Waals surface area contributed by atoms with E-state index in [9.17, 15) is 13.0 Å². The van der Waals surface area contributed by atoms with Crippen molar-refractivity contribution in [1.82, 2.24) is 3.71 Å². The molecule has 1 unspecified atom stereocenters. The van der Waals surface area contributed by atoms with Gasteiger partial charge in [0.15, 0.2) is 4.90 Å². The zero-order chi connectivity index (χ0) is 10.8. The number of benzene rings is 1. The van der Waals surface area contributed by atoms with E-state index >= 15 is 0 Å². The summed E-state index contributed by atoms with van der Waals surface area (Å²) in [4.78, 5) is 0.473. The minimum Gasteiger partial charge on any atom is -0.592 e. The van der Waals surface area contributed by atoms with Gasteiger partial charge in [-0.2, -0.15) is 0 Å². The second kappa shape index (κ2) is 4.31. The number of hydrogen-bond acceptors (Lipinski definition) is 3. The van der Waals surface area contributed by atoms with Gasteiger partial charge in [-0.3, -0.25) is 0 Å². The van der Waals surface area contributed by atoms with Gasteiger partial charge in [0.25, 0.3) is 0 Å². The molecule has 0 saturated heterocycles. The van der Waals surface area contributed by atoms with E-state index in [1.54, 1.807) is 30.3 Å². The number of hydrogen-bond donors (Lipinski definition) is 0. The van der Waals surface area contributed by atoms with E-state index in [1.807, 2.05) is 0 Å². The van der Waals surface area contributed by atoms with Gasteiger partial charge in [0, 0.05) is 0 Å². The zero-order valence-corrected chi connectivity index (χ0v) is 9.51. The lowest BCUT2D eigenvalue weighted by Gasteiger charge is -2.17.